The summed E-state index contributed by atoms with van der Waals surface area (Å²) in [6, 6.07) is 21.8. The first kappa shape index (κ1) is 26.4. The maximum absolute atomic E-state index is 12.2. The van der Waals surface area contributed by atoms with E-state index in [0.717, 1.165) is 34.6 Å². The van der Waals surface area contributed by atoms with Gasteiger partial charge in [0.25, 0.3) is 0 Å². The first-order valence-corrected chi connectivity index (χ1v) is 14.4. The van der Waals surface area contributed by atoms with E-state index in [0.29, 0.717) is 16.4 Å². The van der Waals surface area contributed by atoms with E-state index in [1.54, 1.807) is 24.4 Å². The van der Waals surface area contributed by atoms with Gasteiger partial charge in [0, 0.05) is 29.5 Å². The molecule has 0 aliphatic carbocycles. The number of hydrogen-bond acceptors (Lipinski definition) is 6. The number of nitrogens with one attached hydrogen (secondary N) is 2. The van der Waals surface area contributed by atoms with Crippen molar-refractivity contribution in [3.63, 3.8) is 0 Å². The second kappa shape index (κ2) is 10.5. The molecule has 1 aliphatic rings. The van der Waals surface area contributed by atoms with Crippen molar-refractivity contribution >= 4 is 44.7 Å². The Kier molecular flexibility index (Phi) is 7.11. The van der Waals surface area contributed by atoms with E-state index in [1.807, 2.05) is 77.2 Å². The van der Waals surface area contributed by atoms with Crippen LogP contribution in [0.1, 0.15) is 39.4 Å². The second-order valence-electron chi connectivity index (χ2n) is 9.22. The minimum absolute atomic E-state index is 0.287. The molecule has 5 rings (SSSR count). The number of rotatable bonds is 7. The molecule has 0 radical (unpaired) electrons. The van der Waals surface area contributed by atoms with Gasteiger partial charge in [-0.15, -0.1) is 0 Å². The number of sulfonamides is 1. The standard InChI is InChI=1S/C28H27N5O4S2/c1-18-16-21(12-13-22(18)31-39(3,35)36)33-26(25(30-28(33)38)23-10-4-5-14-29-23)24-11-7-15-32(24)20-9-6-8-19(17-20)27(34)37-2/h4-17,25-26,31H,1-3H3,(H,30,38)/t25-,26-/m1/s1. The Hall–Kier alpha value is -4.22. The Morgan fingerprint density at radius 2 is 1.87 bits per heavy atom. The van der Waals surface area contributed by atoms with Crippen molar-refractivity contribution in [2.45, 2.75) is 19.0 Å². The molecule has 0 unspecified atom stereocenters. The molecule has 1 aliphatic heterocycles. The Bertz CT molecular complexity index is 1650. The molecule has 9 nitrogen and oxygen atoms in total. The van der Waals surface area contributed by atoms with Gasteiger partial charge in [0.2, 0.25) is 10.0 Å². The van der Waals surface area contributed by atoms with E-state index in [4.69, 9.17) is 17.0 Å². The maximum atomic E-state index is 12.2. The summed E-state index contributed by atoms with van der Waals surface area (Å²) in [7, 11) is -2.07. The van der Waals surface area contributed by atoms with E-state index >= 15 is 0 Å². The average Bonchev–Trinajstić information content (AvgIpc) is 3.53. The van der Waals surface area contributed by atoms with Crippen LogP contribution in [0, 0.1) is 6.92 Å². The van der Waals surface area contributed by atoms with Crippen molar-refractivity contribution in [3.05, 3.63) is 108 Å². The number of carbonyl (C=O) groups excluding carboxylic acids is 1. The highest BCUT2D eigenvalue weighted by Crippen LogP contribution is 2.43. The van der Waals surface area contributed by atoms with Gasteiger partial charge in [-0.2, -0.15) is 0 Å². The van der Waals surface area contributed by atoms with Crippen LogP contribution in [0.15, 0.2) is 85.2 Å². The van der Waals surface area contributed by atoms with Crippen molar-refractivity contribution in [1.82, 2.24) is 14.9 Å². The number of esters is 1. The van der Waals surface area contributed by atoms with Crippen LogP contribution in [0.25, 0.3) is 5.69 Å². The molecule has 2 aromatic carbocycles. The van der Waals surface area contributed by atoms with Gasteiger partial charge in [0.15, 0.2) is 5.11 Å². The van der Waals surface area contributed by atoms with Gasteiger partial charge in [-0.1, -0.05) is 12.1 Å². The fourth-order valence-electron chi connectivity index (χ4n) is 4.82. The Balaban J connectivity index is 1.63. The summed E-state index contributed by atoms with van der Waals surface area (Å²) in [5.41, 5.74) is 5.01. The van der Waals surface area contributed by atoms with Gasteiger partial charge in [0.1, 0.15) is 6.04 Å². The normalized spacial score (nSPS) is 17.1. The van der Waals surface area contributed by atoms with Crippen LogP contribution in [0.4, 0.5) is 11.4 Å². The molecule has 2 N–H and O–H groups in total. The predicted octanol–water partition coefficient (Wildman–Crippen LogP) is 4.52. The molecule has 0 amide bonds. The minimum atomic E-state index is -3.43. The zero-order valence-corrected chi connectivity index (χ0v) is 23.2. The molecule has 2 aromatic heterocycles. The third-order valence-corrected chi connectivity index (χ3v) is 7.42. The zero-order chi connectivity index (χ0) is 27.7. The Morgan fingerprint density at radius 3 is 2.56 bits per heavy atom. The van der Waals surface area contributed by atoms with Crippen molar-refractivity contribution < 1.29 is 17.9 Å². The highest BCUT2D eigenvalue weighted by atomic mass is 32.2. The number of aryl methyl sites for hydroxylation is 1. The van der Waals surface area contributed by atoms with Crippen molar-refractivity contribution in [2.75, 3.05) is 23.0 Å². The molecule has 2 atom stereocenters. The van der Waals surface area contributed by atoms with Crippen LogP contribution >= 0.6 is 12.2 Å². The molecule has 1 saturated heterocycles. The summed E-state index contributed by atoms with van der Waals surface area (Å²) in [5.74, 6) is -0.416. The number of methoxy groups -OCH3 is 1. The summed E-state index contributed by atoms with van der Waals surface area (Å²) in [4.78, 5) is 18.8. The molecule has 200 valence electrons. The summed E-state index contributed by atoms with van der Waals surface area (Å²) < 4.78 is 33.1. The molecule has 0 bridgehead atoms. The molecular weight excluding hydrogens is 534 g/mol. The topological polar surface area (TPSA) is 106 Å². The van der Waals surface area contributed by atoms with Gasteiger partial charge in [-0.25, -0.2) is 13.2 Å². The molecule has 11 heteroatoms. The Morgan fingerprint density at radius 1 is 1.05 bits per heavy atom. The van der Waals surface area contributed by atoms with E-state index in [-0.39, 0.29) is 12.1 Å². The highest BCUT2D eigenvalue weighted by molar-refractivity contribution is 7.92. The van der Waals surface area contributed by atoms with E-state index in [1.165, 1.54) is 7.11 Å². The fourth-order valence-corrected chi connectivity index (χ4v) is 5.79. The number of carbonyl (C=O) groups is 1. The molecule has 3 heterocycles. The van der Waals surface area contributed by atoms with Crippen LogP contribution in [0.2, 0.25) is 0 Å². The number of aromatic nitrogens is 2. The lowest BCUT2D eigenvalue weighted by atomic mass is 10.00. The second-order valence-corrected chi connectivity index (χ2v) is 11.4. The third kappa shape index (κ3) is 5.36. The largest absolute Gasteiger partial charge is 0.465 e. The number of ether oxygens (including phenoxy) is 1. The van der Waals surface area contributed by atoms with Crippen molar-refractivity contribution in [2.24, 2.45) is 0 Å². The average molecular weight is 562 g/mol. The van der Waals surface area contributed by atoms with Crippen LogP contribution in [0.3, 0.4) is 0 Å². The fraction of sp³-hybridized carbons (Fsp3) is 0.179. The Labute approximate surface area is 232 Å². The summed E-state index contributed by atoms with van der Waals surface area (Å²) >= 11 is 5.85. The van der Waals surface area contributed by atoms with E-state index in [9.17, 15) is 13.2 Å². The lowest BCUT2D eigenvalue weighted by molar-refractivity contribution is 0.0600. The molecule has 4 aromatic rings. The van der Waals surface area contributed by atoms with Crippen molar-refractivity contribution in [1.29, 1.82) is 0 Å². The SMILES string of the molecule is COC(=O)c1cccc(-n2cccc2[C@@H]2[C@@H](c3ccccn3)NC(=S)N2c2ccc(NS(C)(=O)=O)c(C)c2)c1. The number of hydrogen-bond donors (Lipinski definition) is 2. The van der Waals surface area contributed by atoms with E-state index < -0.39 is 16.0 Å². The lowest BCUT2D eigenvalue weighted by Crippen LogP contribution is -2.30. The molecular formula is C28H27N5O4S2. The smallest absolute Gasteiger partial charge is 0.337 e. The van der Waals surface area contributed by atoms with E-state index in [2.05, 4.69) is 15.0 Å². The predicted molar refractivity (Wildman–Crippen MR) is 155 cm³/mol. The monoisotopic (exact) mass is 561 g/mol. The zero-order valence-electron chi connectivity index (χ0n) is 21.5. The first-order chi connectivity index (χ1) is 18.7. The van der Waals surface area contributed by atoms with Crippen LogP contribution in [-0.2, 0) is 14.8 Å². The summed E-state index contributed by atoms with van der Waals surface area (Å²) in [5, 5.41) is 3.95. The van der Waals surface area contributed by atoms with Crippen LogP contribution < -0.4 is 14.9 Å². The maximum Gasteiger partial charge on any atom is 0.337 e. The van der Waals surface area contributed by atoms with Crippen LogP contribution in [0.5, 0.6) is 0 Å². The number of thiocarbonyl (C=S) groups is 1. The summed E-state index contributed by atoms with van der Waals surface area (Å²) in [6.07, 6.45) is 4.80. The molecule has 39 heavy (non-hydrogen) atoms. The van der Waals surface area contributed by atoms with Gasteiger partial charge in [0.05, 0.1) is 36.4 Å². The van der Waals surface area contributed by atoms with Crippen molar-refractivity contribution in [3.8, 4) is 5.69 Å². The molecule has 1 fully saturated rings. The third-order valence-electron chi connectivity index (χ3n) is 6.51. The highest BCUT2D eigenvalue weighted by Gasteiger charge is 2.42. The lowest BCUT2D eigenvalue weighted by Gasteiger charge is -2.29. The number of anilines is 2. The van der Waals surface area contributed by atoms with Gasteiger partial charge < -0.3 is 19.5 Å². The first-order valence-electron chi connectivity index (χ1n) is 12.1. The summed E-state index contributed by atoms with van der Waals surface area (Å²) in [6.45, 7) is 1.84. The quantitative estimate of drug-likeness (QED) is 0.251. The van der Waals surface area contributed by atoms with Gasteiger partial charge in [-0.05, 0) is 85.4 Å². The minimum Gasteiger partial charge on any atom is -0.465 e. The number of pyridine rings is 1. The molecule has 0 saturated carbocycles. The van der Waals surface area contributed by atoms with Gasteiger partial charge in [-0.3, -0.25) is 9.71 Å². The van der Waals surface area contributed by atoms with Gasteiger partial charge >= 0.3 is 5.97 Å². The molecule has 0 spiro atoms. The number of benzene rings is 2. The number of nitrogens with zero attached hydrogens (tertiary/aromatic N) is 3. The van der Waals surface area contributed by atoms with Crippen LogP contribution in [-0.4, -0.2) is 42.4 Å².